The summed E-state index contributed by atoms with van der Waals surface area (Å²) in [4.78, 5) is 4.33. The Kier molecular flexibility index (Phi) is 3.06. The monoisotopic (exact) mass is 305 g/mol. The lowest BCUT2D eigenvalue weighted by Gasteiger charge is -2.29. The van der Waals surface area contributed by atoms with Gasteiger partial charge in [0.25, 0.3) is 0 Å². The van der Waals surface area contributed by atoms with Gasteiger partial charge >= 0.3 is 0 Å². The number of aliphatic hydroxyl groups excluding tert-OH is 1. The Morgan fingerprint density at radius 2 is 2.06 bits per heavy atom. The summed E-state index contributed by atoms with van der Waals surface area (Å²) < 4.78 is 6.82. The highest BCUT2D eigenvalue weighted by molar-refractivity contribution is 9.10. The van der Waals surface area contributed by atoms with Crippen LogP contribution in [0.2, 0.25) is 0 Å². The maximum absolute atomic E-state index is 10.1. The van der Waals surface area contributed by atoms with Crippen LogP contribution < -0.4 is 4.74 Å². The molecule has 2 heterocycles. The van der Waals surface area contributed by atoms with Crippen molar-refractivity contribution in [3.63, 3.8) is 0 Å². The zero-order valence-electron chi connectivity index (χ0n) is 9.58. The summed E-state index contributed by atoms with van der Waals surface area (Å²) in [6.07, 6.45) is 1.59. The van der Waals surface area contributed by atoms with Crippen LogP contribution in [-0.2, 0) is 0 Å². The molecule has 92 valence electrons. The average molecular weight is 306 g/mol. The van der Waals surface area contributed by atoms with Crippen LogP contribution in [0.15, 0.2) is 47.1 Å². The van der Waals surface area contributed by atoms with Gasteiger partial charge in [0.15, 0.2) is 0 Å². The molecule has 1 aromatic heterocycles. The molecule has 1 aliphatic heterocycles. The van der Waals surface area contributed by atoms with Crippen LogP contribution in [0.3, 0.4) is 0 Å². The van der Waals surface area contributed by atoms with Crippen LogP contribution in [0, 0.1) is 0 Å². The van der Waals surface area contributed by atoms with Crippen molar-refractivity contribution in [1.82, 2.24) is 4.98 Å². The van der Waals surface area contributed by atoms with Crippen LogP contribution in [0.5, 0.6) is 5.75 Å². The van der Waals surface area contributed by atoms with E-state index < -0.39 is 6.10 Å². The van der Waals surface area contributed by atoms with E-state index in [9.17, 15) is 5.11 Å². The zero-order valence-corrected chi connectivity index (χ0v) is 11.2. The molecule has 1 aliphatic rings. The second-order valence-electron chi connectivity index (χ2n) is 4.30. The molecule has 0 saturated heterocycles. The number of rotatable bonds is 1. The largest absolute Gasteiger partial charge is 0.484 e. The van der Waals surface area contributed by atoms with Gasteiger partial charge in [0, 0.05) is 22.7 Å². The maximum Gasteiger partial charge on any atom is 0.143 e. The Hall–Kier alpha value is -1.39. The number of benzene rings is 1. The number of hydrogen-bond donors (Lipinski definition) is 1. The van der Waals surface area contributed by atoms with E-state index in [0.29, 0.717) is 6.42 Å². The lowest BCUT2D eigenvalue weighted by molar-refractivity contribution is 0.0637. The van der Waals surface area contributed by atoms with E-state index in [-0.39, 0.29) is 6.10 Å². The van der Waals surface area contributed by atoms with Crippen molar-refractivity contribution in [3.05, 3.63) is 58.3 Å². The van der Waals surface area contributed by atoms with Gasteiger partial charge in [-0.1, -0.05) is 18.2 Å². The van der Waals surface area contributed by atoms with Crippen LogP contribution in [0.1, 0.15) is 29.9 Å². The molecular weight excluding hydrogens is 294 g/mol. The van der Waals surface area contributed by atoms with Crippen LogP contribution in [0.25, 0.3) is 0 Å². The minimum atomic E-state index is -0.495. The topological polar surface area (TPSA) is 42.4 Å². The molecule has 1 N–H and O–H groups in total. The van der Waals surface area contributed by atoms with Gasteiger partial charge in [-0.05, 0) is 34.1 Å². The summed E-state index contributed by atoms with van der Waals surface area (Å²) >= 11 is 3.35. The molecule has 0 radical (unpaired) electrons. The standard InChI is InChI=1S/C14H12BrNO2/c15-9-5-6-11(16-8-9)14-7-12(17)10-3-1-2-4-13(10)18-14/h1-6,8,12,14,17H,7H2/t12-,14?/m0/s1. The molecule has 1 aromatic carbocycles. The summed E-state index contributed by atoms with van der Waals surface area (Å²) in [7, 11) is 0. The smallest absolute Gasteiger partial charge is 0.143 e. The molecule has 1 unspecified atom stereocenters. The molecule has 4 heteroatoms. The van der Waals surface area contributed by atoms with E-state index in [4.69, 9.17) is 4.74 Å². The van der Waals surface area contributed by atoms with Gasteiger partial charge in [0.1, 0.15) is 11.9 Å². The second-order valence-corrected chi connectivity index (χ2v) is 5.21. The normalized spacial score (nSPS) is 22.1. The molecule has 2 aromatic rings. The third-order valence-electron chi connectivity index (χ3n) is 3.06. The Morgan fingerprint density at radius 3 is 2.83 bits per heavy atom. The maximum atomic E-state index is 10.1. The number of aliphatic hydroxyl groups is 1. The number of para-hydroxylation sites is 1. The van der Waals surface area contributed by atoms with Crippen molar-refractivity contribution in [2.24, 2.45) is 0 Å². The van der Waals surface area contributed by atoms with E-state index in [1.54, 1.807) is 6.20 Å². The molecule has 0 spiro atoms. The van der Waals surface area contributed by atoms with E-state index in [2.05, 4.69) is 20.9 Å². The molecular formula is C14H12BrNO2. The van der Waals surface area contributed by atoms with Crippen LogP contribution in [0.4, 0.5) is 0 Å². The molecule has 0 amide bonds. The van der Waals surface area contributed by atoms with Crippen molar-refractivity contribution in [3.8, 4) is 5.75 Å². The Labute approximate surface area is 114 Å². The quantitative estimate of drug-likeness (QED) is 0.878. The van der Waals surface area contributed by atoms with E-state index in [1.807, 2.05) is 36.4 Å². The van der Waals surface area contributed by atoms with E-state index >= 15 is 0 Å². The fourth-order valence-electron chi connectivity index (χ4n) is 2.15. The summed E-state index contributed by atoms with van der Waals surface area (Å²) in [6.45, 7) is 0. The molecule has 2 atom stereocenters. The molecule has 0 aliphatic carbocycles. The number of fused-ring (bicyclic) bond motifs is 1. The number of hydrogen-bond acceptors (Lipinski definition) is 3. The van der Waals surface area contributed by atoms with Crippen LogP contribution >= 0.6 is 15.9 Å². The lowest BCUT2D eigenvalue weighted by Crippen LogP contribution is -2.19. The molecule has 0 saturated carbocycles. The second kappa shape index (κ2) is 4.71. The fraction of sp³-hybridized carbons (Fsp3) is 0.214. The van der Waals surface area contributed by atoms with Crippen LogP contribution in [-0.4, -0.2) is 10.1 Å². The summed E-state index contributed by atoms with van der Waals surface area (Å²) in [5.41, 5.74) is 1.69. The van der Waals surface area contributed by atoms with Crippen molar-refractivity contribution >= 4 is 15.9 Å². The summed E-state index contributed by atoms with van der Waals surface area (Å²) in [5.74, 6) is 0.742. The highest BCUT2D eigenvalue weighted by Crippen LogP contribution is 2.39. The minimum absolute atomic E-state index is 0.192. The number of nitrogens with zero attached hydrogens (tertiary/aromatic N) is 1. The van der Waals surface area contributed by atoms with Gasteiger partial charge < -0.3 is 9.84 Å². The first kappa shape index (κ1) is 11.7. The SMILES string of the molecule is O[C@H]1CC(c2ccc(Br)cn2)Oc2ccccc21. The lowest BCUT2D eigenvalue weighted by atomic mass is 9.97. The van der Waals surface area contributed by atoms with E-state index in [1.165, 1.54) is 0 Å². The van der Waals surface area contributed by atoms with Gasteiger partial charge in [-0.15, -0.1) is 0 Å². The highest BCUT2D eigenvalue weighted by atomic mass is 79.9. The van der Waals surface area contributed by atoms with Crippen molar-refractivity contribution in [2.45, 2.75) is 18.6 Å². The summed E-state index contributed by atoms with van der Waals surface area (Å²) in [6, 6.07) is 11.4. The Morgan fingerprint density at radius 1 is 1.22 bits per heavy atom. The Bertz CT molecular complexity index is 556. The van der Waals surface area contributed by atoms with Gasteiger partial charge in [-0.2, -0.15) is 0 Å². The predicted octanol–water partition coefficient (Wildman–Crippen LogP) is 3.40. The van der Waals surface area contributed by atoms with Gasteiger partial charge in [-0.3, -0.25) is 4.98 Å². The van der Waals surface area contributed by atoms with Crippen molar-refractivity contribution in [1.29, 1.82) is 0 Å². The van der Waals surface area contributed by atoms with E-state index in [0.717, 1.165) is 21.5 Å². The minimum Gasteiger partial charge on any atom is -0.484 e. The van der Waals surface area contributed by atoms with Gasteiger partial charge in [0.05, 0.1) is 11.8 Å². The van der Waals surface area contributed by atoms with Crippen molar-refractivity contribution in [2.75, 3.05) is 0 Å². The van der Waals surface area contributed by atoms with Crippen molar-refractivity contribution < 1.29 is 9.84 Å². The molecule has 3 rings (SSSR count). The fourth-order valence-corrected chi connectivity index (χ4v) is 2.39. The van der Waals surface area contributed by atoms with Gasteiger partial charge in [-0.25, -0.2) is 0 Å². The first-order valence-corrected chi connectivity index (χ1v) is 6.58. The number of halogens is 1. The third kappa shape index (κ3) is 2.13. The first-order valence-electron chi connectivity index (χ1n) is 5.79. The molecule has 3 nitrogen and oxygen atoms in total. The first-order chi connectivity index (χ1) is 8.74. The molecule has 18 heavy (non-hydrogen) atoms. The number of ether oxygens (including phenoxy) is 1. The Balaban J connectivity index is 1.92. The zero-order chi connectivity index (χ0) is 12.5. The number of pyridine rings is 1. The number of aromatic nitrogens is 1. The predicted molar refractivity (Wildman–Crippen MR) is 71.3 cm³/mol. The van der Waals surface area contributed by atoms with Gasteiger partial charge in [0.2, 0.25) is 0 Å². The third-order valence-corrected chi connectivity index (χ3v) is 3.53. The average Bonchev–Trinajstić information content (AvgIpc) is 2.39. The highest BCUT2D eigenvalue weighted by Gasteiger charge is 2.28. The summed E-state index contributed by atoms with van der Waals surface area (Å²) in [5, 5.41) is 10.1. The molecule has 0 bridgehead atoms. The molecule has 0 fully saturated rings.